The smallest absolute Gasteiger partial charge is 0.251 e. The van der Waals surface area contributed by atoms with E-state index in [1.807, 2.05) is 19.2 Å². The molecule has 2 rings (SSSR count). The molecule has 3 amide bonds. The van der Waals surface area contributed by atoms with Gasteiger partial charge in [0.15, 0.2) is 0 Å². The van der Waals surface area contributed by atoms with Crippen molar-refractivity contribution in [2.75, 3.05) is 20.1 Å². The molecule has 0 bridgehead atoms. The first-order valence-corrected chi connectivity index (χ1v) is 7.45. The van der Waals surface area contributed by atoms with Gasteiger partial charge in [0.05, 0.1) is 5.92 Å². The Kier molecular flexibility index (Phi) is 5.66. The molecule has 1 aromatic carbocycles. The van der Waals surface area contributed by atoms with Crippen LogP contribution in [0.25, 0.3) is 0 Å². The van der Waals surface area contributed by atoms with E-state index in [9.17, 15) is 14.4 Å². The fraction of sp³-hybridized carbons (Fsp3) is 0.438. The molecule has 3 N–H and O–H groups in total. The van der Waals surface area contributed by atoms with Gasteiger partial charge in [-0.15, -0.1) is 0 Å². The molecule has 1 saturated heterocycles. The van der Waals surface area contributed by atoms with Gasteiger partial charge in [-0.3, -0.25) is 19.7 Å². The first-order chi connectivity index (χ1) is 10.6. The number of carbonyl (C=O) groups excluding carboxylic acids is 3. The molecule has 1 aromatic rings. The summed E-state index contributed by atoms with van der Waals surface area (Å²) in [6, 6.07) is 7.16. The lowest BCUT2D eigenvalue weighted by molar-refractivity contribution is -0.125. The molecule has 6 heteroatoms. The zero-order valence-corrected chi connectivity index (χ0v) is 12.6. The highest BCUT2D eigenvalue weighted by atomic mass is 16.2. The average molecular weight is 303 g/mol. The van der Waals surface area contributed by atoms with E-state index in [4.69, 9.17) is 0 Å². The predicted molar refractivity (Wildman–Crippen MR) is 82.3 cm³/mol. The predicted octanol–water partition coefficient (Wildman–Crippen LogP) is 0.231. The molecule has 0 saturated carbocycles. The van der Waals surface area contributed by atoms with E-state index in [0.717, 1.165) is 18.5 Å². The molecule has 0 radical (unpaired) electrons. The molecule has 1 unspecified atom stereocenters. The minimum absolute atomic E-state index is 0.101. The number of rotatable bonds is 7. The van der Waals surface area contributed by atoms with E-state index in [-0.39, 0.29) is 30.1 Å². The zero-order valence-electron chi connectivity index (χ0n) is 12.6. The van der Waals surface area contributed by atoms with Crippen LogP contribution < -0.4 is 16.0 Å². The monoisotopic (exact) mass is 303 g/mol. The standard InChI is InChI=1S/C16H21N3O3/c1-17-7-2-8-18-15(21)12-5-3-11(4-6-12)9-13-10-14(20)19-16(13)22/h3-6,13,17H,2,7-10H2,1H3,(H,18,21)(H,19,20,22). The Labute approximate surface area is 129 Å². The quantitative estimate of drug-likeness (QED) is 0.497. The maximum atomic E-state index is 11.9. The first-order valence-electron chi connectivity index (χ1n) is 7.45. The Morgan fingerprint density at radius 3 is 2.55 bits per heavy atom. The SMILES string of the molecule is CNCCCNC(=O)c1ccc(CC2CC(=O)NC2=O)cc1. The van der Waals surface area contributed by atoms with E-state index in [0.29, 0.717) is 18.5 Å². The number of carbonyl (C=O) groups is 3. The van der Waals surface area contributed by atoms with Crippen molar-refractivity contribution in [2.24, 2.45) is 5.92 Å². The largest absolute Gasteiger partial charge is 0.352 e. The molecule has 6 nitrogen and oxygen atoms in total. The Hall–Kier alpha value is -2.21. The van der Waals surface area contributed by atoms with Gasteiger partial charge < -0.3 is 10.6 Å². The summed E-state index contributed by atoms with van der Waals surface area (Å²) in [5, 5.41) is 8.18. The lowest BCUT2D eigenvalue weighted by Gasteiger charge is -2.08. The van der Waals surface area contributed by atoms with Gasteiger partial charge in [-0.25, -0.2) is 0 Å². The summed E-state index contributed by atoms with van der Waals surface area (Å²) in [4.78, 5) is 34.6. The number of nitrogens with one attached hydrogen (secondary N) is 3. The van der Waals surface area contributed by atoms with E-state index < -0.39 is 0 Å². The lowest BCUT2D eigenvalue weighted by atomic mass is 9.97. The van der Waals surface area contributed by atoms with Crippen LogP contribution in [0.15, 0.2) is 24.3 Å². The molecular formula is C16H21N3O3. The summed E-state index contributed by atoms with van der Waals surface area (Å²) in [5.74, 6) is -0.825. The van der Waals surface area contributed by atoms with Crippen LogP contribution in [0.3, 0.4) is 0 Å². The van der Waals surface area contributed by atoms with E-state index in [2.05, 4.69) is 16.0 Å². The molecule has 1 aliphatic rings. The third-order valence-corrected chi connectivity index (χ3v) is 3.65. The van der Waals surface area contributed by atoms with Gasteiger partial charge in [0.2, 0.25) is 11.8 Å². The van der Waals surface area contributed by atoms with Gasteiger partial charge in [-0.2, -0.15) is 0 Å². The van der Waals surface area contributed by atoms with Crippen LogP contribution >= 0.6 is 0 Å². The number of amides is 3. The van der Waals surface area contributed by atoms with Crippen LogP contribution in [0.2, 0.25) is 0 Å². The maximum absolute atomic E-state index is 11.9. The topological polar surface area (TPSA) is 87.3 Å². The number of imide groups is 1. The molecule has 118 valence electrons. The van der Waals surface area contributed by atoms with Gasteiger partial charge in [-0.05, 0) is 44.1 Å². The van der Waals surface area contributed by atoms with Gasteiger partial charge in [0, 0.05) is 18.5 Å². The molecule has 0 spiro atoms. The third-order valence-electron chi connectivity index (χ3n) is 3.65. The minimum Gasteiger partial charge on any atom is -0.352 e. The summed E-state index contributed by atoms with van der Waals surface area (Å²) >= 11 is 0. The van der Waals surface area contributed by atoms with Crippen molar-refractivity contribution in [3.63, 3.8) is 0 Å². The van der Waals surface area contributed by atoms with Crippen LogP contribution in [-0.2, 0) is 16.0 Å². The van der Waals surface area contributed by atoms with Crippen LogP contribution in [0.5, 0.6) is 0 Å². The number of hydrogen-bond acceptors (Lipinski definition) is 4. The second-order valence-electron chi connectivity index (χ2n) is 5.43. The molecule has 22 heavy (non-hydrogen) atoms. The summed E-state index contributed by atoms with van der Waals surface area (Å²) in [5.41, 5.74) is 1.54. The summed E-state index contributed by atoms with van der Waals surface area (Å²) in [6.07, 6.45) is 1.64. The molecule has 1 fully saturated rings. The van der Waals surface area contributed by atoms with Gasteiger partial charge in [0.1, 0.15) is 0 Å². The lowest BCUT2D eigenvalue weighted by Crippen LogP contribution is -2.26. The number of hydrogen-bond donors (Lipinski definition) is 3. The highest BCUT2D eigenvalue weighted by Crippen LogP contribution is 2.17. The fourth-order valence-electron chi connectivity index (χ4n) is 2.42. The van der Waals surface area contributed by atoms with Crippen molar-refractivity contribution in [2.45, 2.75) is 19.3 Å². The van der Waals surface area contributed by atoms with Crippen LogP contribution in [0, 0.1) is 5.92 Å². The minimum atomic E-state index is -0.297. The fourth-order valence-corrected chi connectivity index (χ4v) is 2.42. The van der Waals surface area contributed by atoms with Crippen molar-refractivity contribution >= 4 is 17.7 Å². The second-order valence-corrected chi connectivity index (χ2v) is 5.43. The first kappa shape index (κ1) is 16.2. The highest BCUT2D eigenvalue weighted by molar-refractivity contribution is 6.03. The Morgan fingerprint density at radius 2 is 1.95 bits per heavy atom. The van der Waals surface area contributed by atoms with E-state index >= 15 is 0 Å². The maximum Gasteiger partial charge on any atom is 0.251 e. The van der Waals surface area contributed by atoms with Crippen molar-refractivity contribution in [1.82, 2.24) is 16.0 Å². The molecule has 0 aromatic heterocycles. The van der Waals surface area contributed by atoms with Gasteiger partial charge in [0.25, 0.3) is 5.91 Å². The highest BCUT2D eigenvalue weighted by Gasteiger charge is 2.30. The summed E-state index contributed by atoms with van der Waals surface area (Å²) < 4.78 is 0. The third kappa shape index (κ3) is 4.39. The van der Waals surface area contributed by atoms with E-state index in [1.165, 1.54) is 0 Å². The Bertz CT molecular complexity index is 554. The van der Waals surface area contributed by atoms with Gasteiger partial charge >= 0.3 is 0 Å². The summed E-state index contributed by atoms with van der Waals surface area (Å²) in [7, 11) is 1.87. The molecule has 1 heterocycles. The van der Waals surface area contributed by atoms with Crippen molar-refractivity contribution in [3.8, 4) is 0 Å². The molecule has 1 atom stereocenters. The Morgan fingerprint density at radius 1 is 1.23 bits per heavy atom. The second kappa shape index (κ2) is 7.70. The number of benzene rings is 1. The van der Waals surface area contributed by atoms with Crippen molar-refractivity contribution in [1.29, 1.82) is 0 Å². The van der Waals surface area contributed by atoms with Crippen LogP contribution in [-0.4, -0.2) is 37.9 Å². The van der Waals surface area contributed by atoms with Gasteiger partial charge in [-0.1, -0.05) is 12.1 Å². The van der Waals surface area contributed by atoms with E-state index in [1.54, 1.807) is 12.1 Å². The summed E-state index contributed by atoms with van der Waals surface area (Å²) in [6.45, 7) is 1.49. The van der Waals surface area contributed by atoms with Crippen molar-refractivity contribution < 1.29 is 14.4 Å². The normalized spacial score (nSPS) is 17.4. The molecule has 0 aliphatic carbocycles. The zero-order chi connectivity index (χ0) is 15.9. The van der Waals surface area contributed by atoms with Crippen molar-refractivity contribution in [3.05, 3.63) is 35.4 Å². The van der Waals surface area contributed by atoms with Crippen LogP contribution in [0.1, 0.15) is 28.8 Å². The Balaban J connectivity index is 1.86. The average Bonchev–Trinajstić information content (AvgIpc) is 2.82. The molecular weight excluding hydrogens is 282 g/mol. The van der Waals surface area contributed by atoms with Crippen LogP contribution in [0.4, 0.5) is 0 Å². The molecule has 1 aliphatic heterocycles.